The lowest BCUT2D eigenvalue weighted by atomic mass is 10.1. The Labute approximate surface area is 176 Å². The predicted octanol–water partition coefficient (Wildman–Crippen LogP) is 3.92. The zero-order chi connectivity index (χ0) is 20.3. The van der Waals surface area contributed by atoms with Gasteiger partial charge in [-0.1, -0.05) is 18.6 Å². The van der Waals surface area contributed by atoms with E-state index in [-0.39, 0.29) is 5.91 Å². The molecule has 2 aliphatic heterocycles. The summed E-state index contributed by atoms with van der Waals surface area (Å²) in [6.07, 6.45) is 8.62. The number of anilines is 2. The standard InChI is InChI=1S/C23H26N6O/c30-23(20-16-19(10-11-24-20)28-12-4-5-13-28)25-18-8-6-7-17(15-18)22-27-26-21-9-2-1-3-14-29(21)22/h6-8,10-11,15-16H,1-5,9,12-14H2,(H,25,30). The normalized spacial score (nSPS) is 16.2. The van der Waals surface area contributed by atoms with Crippen molar-refractivity contribution in [1.29, 1.82) is 0 Å². The van der Waals surface area contributed by atoms with E-state index in [2.05, 4.69) is 30.0 Å². The van der Waals surface area contributed by atoms with E-state index in [1.807, 2.05) is 36.4 Å². The van der Waals surface area contributed by atoms with E-state index in [1.165, 1.54) is 19.3 Å². The van der Waals surface area contributed by atoms with Gasteiger partial charge in [0.05, 0.1) is 0 Å². The lowest BCUT2D eigenvalue weighted by Crippen LogP contribution is -2.19. The van der Waals surface area contributed by atoms with Gasteiger partial charge in [0, 0.05) is 49.2 Å². The third-order valence-corrected chi connectivity index (χ3v) is 5.94. The van der Waals surface area contributed by atoms with Gasteiger partial charge in [0.1, 0.15) is 11.5 Å². The van der Waals surface area contributed by atoms with Gasteiger partial charge in [-0.2, -0.15) is 0 Å². The summed E-state index contributed by atoms with van der Waals surface area (Å²) >= 11 is 0. The Morgan fingerprint density at radius 1 is 0.933 bits per heavy atom. The van der Waals surface area contributed by atoms with Crippen LogP contribution in [-0.2, 0) is 13.0 Å². The highest BCUT2D eigenvalue weighted by Gasteiger charge is 2.18. The second kappa shape index (κ2) is 8.26. The lowest BCUT2D eigenvalue weighted by molar-refractivity contribution is 0.102. The summed E-state index contributed by atoms with van der Waals surface area (Å²) in [6, 6.07) is 11.7. The van der Waals surface area contributed by atoms with E-state index in [1.54, 1.807) is 6.20 Å². The maximum Gasteiger partial charge on any atom is 0.274 e. The first-order chi connectivity index (χ1) is 14.8. The van der Waals surface area contributed by atoms with Crippen molar-refractivity contribution < 1.29 is 4.79 Å². The number of benzene rings is 1. The second-order valence-corrected chi connectivity index (χ2v) is 8.03. The minimum Gasteiger partial charge on any atom is -0.371 e. The smallest absolute Gasteiger partial charge is 0.274 e. The lowest BCUT2D eigenvalue weighted by Gasteiger charge is -2.17. The molecule has 4 heterocycles. The molecule has 1 aromatic carbocycles. The third-order valence-electron chi connectivity index (χ3n) is 5.94. The van der Waals surface area contributed by atoms with E-state index >= 15 is 0 Å². The highest BCUT2D eigenvalue weighted by atomic mass is 16.1. The quantitative estimate of drug-likeness (QED) is 0.716. The molecule has 7 heteroatoms. The van der Waals surface area contributed by atoms with Crippen molar-refractivity contribution in [3.63, 3.8) is 0 Å². The molecule has 1 fully saturated rings. The first kappa shape index (κ1) is 18.8. The fourth-order valence-corrected chi connectivity index (χ4v) is 4.35. The number of carbonyl (C=O) groups is 1. The summed E-state index contributed by atoms with van der Waals surface area (Å²) in [5.41, 5.74) is 3.19. The number of nitrogens with one attached hydrogen (secondary N) is 1. The van der Waals surface area contributed by atoms with Gasteiger partial charge in [-0.25, -0.2) is 0 Å². The molecule has 0 unspecified atom stereocenters. The van der Waals surface area contributed by atoms with Crippen molar-refractivity contribution in [3.8, 4) is 11.4 Å². The number of fused-ring (bicyclic) bond motifs is 1. The van der Waals surface area contributed by atoms with Gasteiger partial charge in [0.2, 0.25) is 0 Å². The van der Waals surface area contributed by atoms with Crippen molar-refractivity contribution >= 4 is 17.3 Å². The van der Waals surface area contributed by atoms with Gasteiger partial charge in [0.15, 0.2) is 5.82 Å². The van der Waals surface area contributed by atoms with Crippen LogP contribution in [0.3, 0.4) is 0 Å². The summed E-state index contributed by atoms with van der Waals surface area (Å²) in [7, 11) is 0. The highest BCUT2D eigenvalue weighted by Crippen LogP contribution is 2.25. The van der Waals surface area contributed by atoms with Crippen LogP contribution in [0, 0.1) is 0 Å². The molecular formula is C23H26N6O. The largest absolute Gasteiger partial charge is 0.371 e. The summed E-state index contributed by atoms with van der Waals surface area (Å²) in [4.78, 5) is 19.4. The number of pyridine rings is 1. The molecule has 0 bridgehead atoms. The molecule has 0 radical (unpaired) electrons. The zero-order valence-electron chi connectivity index (χ0n) is 17.0. The summed E-state index contributed by atoms with van der Waals surface area (Å²) in [5.74, 6) is 1.73. The van der Waals surface area contributed by atoms with Gasteiger partial charge in [-0.05, 0) is 49.9 Å². The molecular weight excluding hydrogens is 376 g/mol. The molecule has 0 atom stereocenters. The Morgan fingerprint density at radius 2 is 1.80 bits per heavy atom. The van der Waals surface area contributed by atoms with Gasteiger partial charge in [0.25, 0.3) is 5.91 Å². The predicted molar refractivity (Wildman–Crippen MR) is 117 cm³/mol. The van der Waals surface area contributed by atoms with Crippen LogP contribution >= 0.6 is 0 Å². The molecule has 1 saturated heterocycles. The third kappa shape index (κ3) is 3.79. The molecule has 0 aliphatic carbocycles. The van der Waals surface area contributed by atoms with Crippen molar-refractivity contribution in [2.24, 2.45) is 0 Å². The van der Waals surface area contributed by atoms with E-state index in [0.717, 1.165) is 67.5 Å². The minimum absolute atomic E-state index is 0.201. The SMILES string of the molecule is O=C(Nc1cccc(-c2nnc3n2CCCCC3)c1)c1cc(N2CCCC2)ccn1. The maximum atomic E-state index is 12.8. The Balaban J connectivity index is 1.36. The molecule has 30 heavy (non-hydrogen) atoms. The van der Waals surface area contributed by atoms with Crippen molar-refractivity contribution in [2.75, 3.05) is 23.3 Å². The highest BCUT2D eigenvalue weighted by molar-refractivity contribution is 6.03. The molecule has 3 aromatic rings. The van der Waals surface area contributed by atoms with Crippen LogP contribution in [0.15, 0.2) is 42.6 Å². The molecule has 1 amide bonds. The topological polar surface area (TPSA) is 75.9 Å². The number of hydrogen-bond donors (Lipinski definition) is 1. The molecule has 0 saturated carbocycles. The number of amides is 1. The van der Waals surface area contributed by atoms with E-state index in [4.69, 9.17) is 0 Å². The zero-order valence-corrected chi connectivity index (χ0v) is 17.0. The summed E-state index contributed by atoms with van der Waals surface area (Å²) < 4.78 is 2.22. The second-order valence-electron chi connectivity index (χ2n) is 8.03. The molecule has 7 nitrogen and oxygen atoms in total. The Morgan fingerprint density at radius 3 is 2.70 bits per heavy atom. The Kier molecular flexibility index (Phi) is 5.17. The fraction of sp³-hybridized carbons (Fsp3) is 0.391. The number of aryl methyl sites for hydroxylation is 1. The fourth-order valence-electron chi connectivity index (χ4n) is 4.35. The average molecular weight is 403 g/mol. The van der Waals surface area contributed by atoms with E-state index in [9.17, 15) is 4.79 Å². The van der Waals surface area contributed by atoms with Crippen LogP contribution in [0.5, 0.6) is 0 Å². The maximum absolute atomic E-state index is 12.8. The Bertz CT molecular complexity index is 1050. The van der Waals surface area contributed by atoms with Crippen molar-refractivity contribution in [3.05, 3.63) is 54.1 Å². The molecule has 1 N–H and O–H groups in total. The number of carbonyl (C=O) groups excluding carboxylic acids is 1. The number of hydrogen-bond acceptors (Lipinski definition) is 5. The van der Waals surface area contributed by atoms with Crippen LogP contribution in [0.2, 0.25) is 0 Å². The number of rotatable bonds is 4. The van der Waals surface area contributed by atoms with Crippen LogP contribution in [0.4, 0.5) is 11.4 Å². The van der Waals surface area contributed by atoms with Crippen molar-refractivity contribution in [1.82, 2.24) is 19.7 Å². The minimum atomic E-state index is -0.201. The van der Waals surface area contributed by atoms with E-state index < -0.39 is 0 Å². The van der Waals surface area contributed by atoms with Gasteiger partial charge < -0.3 is 14.8 Å². The van der Waals surface area contributed by atoms with Gasteiger partial charge in [-0.15, -0.1) is 10.2 Å². The Hall–Kier alpha value is -3.22. The summed E-state index contributed by atoms with van der Waals surface area (Å²) in [6.45, 7) is 3.02. The molecule has 2 aromatic heterocycles. The molecule has 5 rings (SSSR count). The molecule has 0 spiro atoms. The summed E-state index contributed by atoms with van der Waals surface area (Å²) in [5, 5.41) is 11.8. The van der Waals surface area contributed by atoms with Gasteiger partial charge >= 0.3 is 0 Å². The monoisotopic (exact) mass is 402 g/mol. The molecule has 2 aliphatic rings. The number of aromatic nitrogens is 4. The average Bonchev–Trinajstić information content (AvgIpc) is 3.40. The first-order valence-corrected chi connectivity index (χ1v) is 10.8. The van der Waals surface area contributed by atoms with Crippen LogP contribution < -0.4 is 10.2 Å². The van der Waals surface area contributed by atoms with Crippen LogP contribution in [-0.4, -0.2) is 38.7 Å². The van der Waals surface area contributed by atoms with Crippen LogP contribution in [0.25, 0.3) is 11.4 Å². The van der Waals surface area contributed by atoms with Gasteiger partial charge in [-0.3, -0.25) is 9.78 Å². The van der Waals surface area contributed by atoms with E-state index in [0.29, 0.717) is 5.69 Å². The molecule has 154 valence electrons. The van der Waals surface area contributed by atoms with Crippen molar-refractivity contribution in [2.45, 2.75) is 45.1 Å². The first-order valence-electron chi connectivity index (χ1n) is 10.8. The van der Waals surface area contributed by atoms with Crippen LogP contribution in [0.1, 0.15) is 48.4 Å². The number of nitrogens with zero attached hydrogens (tertiary/aromatic N) is 5.